The van der Waals surface area contributed by atoms with E-state index in [4.69, 9.17) is 0 Å². The van der Waals surface area contributed by atoms with Crippen LogP contribution in [-0.4, -0.2) is 48.9 Å². The number of rotatable bonds is 2. The SMILES string of the molecule is Cc1ccc(N2CC(C(=O)N3CCNC[C@@H]3C)CC2=O)cc1. The van der Waals surface area contributed by atoms with Crippen LogP contribution in [0.15, 0.2) is 24.3 Å². The van der Waals surface area contributed by atoms with Crippen LogP contribution in [0.5, 0.6) is 0 Å². The number of piperazine rings is 1. The first-order chi connectivity index (χ1) is 10.6. The van der Waals surface area contributed by atoms with Crippen LogP contribution >= 0.6 is 0 Å². The molecule has 2 amide bonds. The molecule has 1 aromatic carbocycles. The van der Waals surface area contributed by atoms with Crippen molar-refractivity contribution in [2.75, 3.05) is 31.1 Å². The first-order valence-corrected chi connectivity index (χ1v) is 7.94. The van der Waals surface area contributed by atoms with E-state index in [-0.39, 0.29) is 23.8 Å². The van der Waals surface area contributed by atoms with Crippen LogP contribution in [0.3, 0.4) is 0 Å². The molecule has 2 aliphatic heterocycles. The molecule has 22 heavy (non-hydrogen) atoms. The van der Waals surface area contributed by atoms with Crippen LogP contribution in [-0.2, 0) is 9.59 Å². The fourth-order valence-corrected chi connectivity index (χ4v) is 3.25. The zero-order valence-electron chi connectivity index (χ0n) is 13.2. The van der Waals surface area contributed by atoms with E-state index in [1.165, 1.54) is 0 Å². The molecule has 2 atom stereocenters. The molecule has 0 bridgehead atoms. The molecule has 2 saturated heterocycles. The first kappa shape index (κ1) is 15.0. The maximum atomic E-state index is 12.7. The van der Waals surface area contributed by atoms with Crippen molar-refractivity contribution in [3.63, 3.8) is 0 Å². The largest absolute Gasteiger partial charge is 0.337 e. The van der Waals surface area contributed by atoms with Gasteiger partial charge in [-0.15, -0.1) is 0 Å². The van der Waals surface area contributed by atoms with Crippen LogP contribution in [0.4, 0.5) is 5.69 Å². The van der Waals surface area contributed by atoms with Gasteiger partial charge < -0.3 is 15.1 Å². The molecule has 1 aromatic rings. The lowest BCUT2D eigenvalue weighted by Crippen LogP contribution is -2.54. The predicted molar refractivity (Wildman–Crippen MR) is 85.7 cm³/mol. The Morgan fingerprint density at radius 3 is 2.68 bits per heavy atom. The summed E-state index contributed by atoms with van der Waals surface area (Å²) in [5.41, 5.74) is 2.05. The second kappa shape index (κ2) is 6.08. The van der Waals surface area contributed by atoms with E-state index >= 15 is 0 Å². The minimum Gasteiger partial charge on any atom is -0.337 e. The Labute approximate surface area is 131 Å². The number of aryl methyl sites for hydroxylation is 1. The molecule has 0 radical (unpaired) electrons. The molecule has 2 aliphatic rings. The molecular formula is C17H23N3O2. The molecule has 0 aromatic heterocycles. The lowest BCUT2D eigenvalue weighted by Gasteiger charge is -2.35. The molecule has 0 spiro atoms. The standard InChI is InChI=1S/C17H23N3O2/c1-12-3-5-15(6-4-12)20-11-14(9-16(20)21)17(22)19-8-7-18-10-13(19)2/h3-6,13-14,18H,7-11H2,1-2H3/t13-,14?/m0/s1. The van der Waals surface area contributed by atoms with Gasteiger partial charge in [0.25, 0.3) is 0 Å². The van der Waals surface area contributed by atoms with Gasteiger partial charge in [-0.25, -0.2) is 0 Å². The molecule has 3 rings (SSSR count). The molecule has 0 aliphatic carbocycles. The second-order valence-electron chi connectivity index (χ2n) is 6.33. The Morgan fingerprint density at radius 2 is 2.00 bits per heavy atom. The number of benzene rings is 1. The summed E-state index contributed by atoms with van der Waals surface area (Å²) >= 11 is 0. The minimum absolute atomic E-state index is 0.0463. The lowest BCUT2D eigenvalue weighted by atomic mass is 10.1. The zero-order valence-corrected chi connectivity index (χ0v) is 13.2. The van der Waals surface area contributed by atoms with Crippen molar-refractivity contribution in [1.29, 1.82) is 0 Å². The van der Waals surface area contributed by atoms with Crippen molar-refractivity contribution in [2.45, 2.75) is 26.3 Å². The topological polar surface area (TPSA) is 52.7 Å². The third-order valence-electron chi connectivity index (χ3n) is 4.60. The summed E-state index contributed by atoms with van der Waals surface area (Å²) in [6.45, 7) is 6.96. The fourth-order valence-electron chi connectivity index (χ4n) is 3.25. The first-order valence-electron chi connectivity index (χ1n) is 7.94. The summed E-state index contributed by atoms with van der Waals surface area (Å²) < 4.78 is 0. The van der Waals surface area contributed by atoms with Crippen molar-refractivity contribution in [3.8, 4) is 0 Å². The number of nitrogens with one attached hydrogen (secondary N) is 1. The van der Waals surface area contributed by atoms with Crippen molar-refractivity contribution in [1.82, 2.24) is 10.2 Å². The third-order valence-corrected chi connectivity index (χ3v) is 4.60. The third kappa shape index (κ3) is 2.86. The average Bonchev–Trinajstić information content (AvgIpc) is 2.90. The van der Waals surface area contributed by atoms with Gasteiger partial charge in [0.05, 0.1) is 5.92 Å². The summed E-state index contributed by atoms with van der Waals surface area (Å²) in [5, 5.41) is 3.29. The van der Waals surface area contributed by atoms with Crippen molar-refractivity contribution in [2.24, 2.45) is 5.92 Å². The van der Waals surface area contributed by atoms with Gasteiger partial charge in [0, 0.05) is 44.3 Å². The van der Waals surface area contributed by atoms with E-state index in [2.05, 4.69) is 12.2 Å². The summed E-state index contributed by atoms with van der Waals surface area (Å²) in [5.74, 6) is -0.0451. The lowest BCUT2D eigenvalue weighted by molar-refractivity contribution is -0.138. The number of carbonyl (C=O) groups is 2. The van der Waals surface area contributed by atoms with Gasteiger partial charge in [-0.1, -0.05) is 17.7 Å². The van der Waals surface area contributed by atoms with E-state index in [1.54, 1.807) is 4.90 Å². The van der Waals surface area contributed by atoms with Gasteiger partial charge in [-0.2, -0.15) is 0 Å². The van der Waals surface area contributed by atoms with Crippen molar-refractivity contribution < 1.29 is 9.59 Å². The maximum absolute atomic E-state index is 12.7. The molecule has 1 unspecified atom stereocenters. The molecule has 0 saturated carbocycles. The number of hydrogen-bond donors (Lipinski definition) is 1. The van der Waals surface area contributed by atoms with Gasteiger partial charge in [-0.05, 0) is 26.0 Å². The van der Waals surface area contributed by atoms with Crippen LogP contribution in [0.25, 0.3) is 0 Å². The summed E-state index contributed by atoms with van der Waals surface area (Å²) in [4.78, 5) is 28.7. The Morgan fingerprint density at radius 1 is 1.27 bits per heavy atom. The van der Waals surface area contributed by atoms with Gasteiger partial charge in [0.2, 0.25) is 11.8 Å². The summed E-state index contributed by atoms with van der Waals surface area (Å²) in [7, 11) is 0. The van der Waals surface area contributed by atoms with Gasteiger partial charge >= 0.3 is 0 Å². The predicted octanol–water partition coefficient (Wildman–Crippen LogP) is 1.17. The quantitative estimate of drug-likeness (QED) is 0.892. The summed E-state index contributed by atoms with van der Waals surface area (Å²) in [6.07, 6.45) is 0.323. The molecule has 118 valence electrons. The fraction of sp³-hybridized carbons (Fsp3) is 0.529. The molecule has 5 heteroatoms. The van der Waals surface area contributed by atoms with Gasteiger partial charge in [-0.3, -0.25) is 9.59 Å². The number of anilines is 1. The second-order valence-corrected chi connectivity index (χ2v) is 6.33. The van der Waals surface area contributed by atoms with E-state index in [0.29, 0.717) is 13.0 Å². The van der Waals surface area contributed by atoms with Gasteiger partial charge in [0.15, 0.2) is 0 Å². The van der Waals surface area contributed by atoms with Crippen molar-refractivity contribution in [3.05, 3.63) is 29.8 Å². The highest BCUT2D eigenvalue weighted by Crippen LogP contribution is 2.27. The summed E-state index contributed by atoms with van der Waals surface area (Å²) in [6, 6.07) is 8.10. The van der Waals surface area contributed by atoms with Crippen LogP contribution in [0.2, 0.25) is 0 Å². The van der Waals surface area contributed by atoms with Crippen molar-refractivity contribution >= 4 is 17.5 Å². The minimum atomic E-state index is -0.214. The van der Waals surface area contributed by atoms with E-state index in [0.717, 1.165) is 30.9 Å². The van der Waals surface area contributed by atoms with Crippen LogP contribution in [0.1, 0.15) is 18.9 Å². The average molecular weight is 301 g/mol. The van der Waals surface area contributed by atoms with E-state index in [9.17, 15) is 9.59 Å². The molecule has 1 N–H and O–H groups in total. The van der Waals surface area contributed by atoms with E-state index < -0.39 is 0 Å². The molecular weight excluding hydrogens is 278 g/mol. The highest BCUT2D eigenvalue weighted by atomic mass is 16.2. The Hall–Kier alpha value is -1.88. The number of nitrogens with zero attached hydrogens (tertiary/aromatic N) is 2. The number of amides is 2. The van der Waals surface area contributed by atoms with Gasteiger partial charge in [0.1, 0.15) is 0 Å². The monoisotopic (exact) mass is 301 g/mol. The van der Waals surface area contributed by atoms with E-state index in [1.807, 2.05) is 36.1 Å². The highest BCUT2D eigenvalue weighted by Gasteiger charge is 2.38. The molecule has 2 heterocycles. The number of hydrogen-bond acceptors (Lipinski definition) is 3. The van der Waals surface area contributed by atoms with Crippen LogP contribution in [0, 0.1) is 12.8 Å². The normalized spacial score (nSPS) is 25.6. The number of carbonyl (C=O) groups excluding carboxylic acids is 2. The van der Waals surface area contributed by atoms with Crippen LogP contribution < -0.4 is 10.2 Å². The smallest absolute Gasteiger partial charge is 0.228 e. The Kier molecular flexibility index (Phi) is 4.16. The Bertz CT molecular complexity index is 570. The molecule has 2 fully saturated rings. The zero-order chi connectivity index (χ0) is 15.7. The Balaban J connectivity index is 1.71. The maximum Gasteiger partial charge on any atom is 0.228 e. The molecule has 5 nitrogen and oxygen atoms in total. The highest BCUT2D eigenvalue weighted by molar-refractivity contribution is 6.00.